The van der Waals surface area contributed by atoms with Crippen molar-refractivity contribution in [2.24, 2.45) is 0 Å². The monoisotopic (exact) mass is 275 g/mol. The number of hydrogen-bond donors (Lipinski definition) is 0. The van der Waals surface area contributed by atoms with E-state index in [1.54, 1.807) is 0 Å². The van der Waals surface area contributed by atoms with Crippen molar-refractivity contribution in [3.63, 3.8) is 0 Å². The highest BCUT2D eigenvalue weighted by Crippen LogP contribution is 2.37. The SMILES string of the molecule is Cc1ccccc1CCc1nnc(CCl)n1C1CC1. The number of nitrogens with zero attached hydrogens (tertiary/aromatic N) is 3. The average Bonchev–Trinajstić information content (AvgIpc) is 3.18. The Morgan fingerprint density at radius 2 is 1.89 bits per heavy atom. The van der Waals surface area contributed by atoms with E-state index in [9.17, 15) is 0 Å². The number of benzene rings is 1. The van der Waals surface area contributed by atoms with E-state index in [4.69, 9.17) is 11.6 Å². The zero-order valence-electron chi connectivity index (χ0n) is 11.1. The standard InChI is InChI=1S/C15H18ClN3/c1-11-4-2-3-5-12(11)6-9-14-17-18-15(10-16)19(14)13-7-8-13/h2-5,13H,6-10H2,1H3. The molecule has 0 aliphatic heterocycles. The second kappa shape index (κ2) is 5.33. The molecule has 3 rings (SSSR count). The summed E-state index contributed by atoms with van der Waals surface area (Å²) in [6.07, 6.45) is 4.42. The van der Waals surface area contributed by atoms with E-state index >= 15 is 0 Å². The van der Waals surface area contributed by atoms with Gasteiger partial charge >= 0.3 is 0 Å². The molecule has 1 aromatic carbocycles. The fraction of sp³-hybridized carbons (Fsp3) is 0.467. The molecule has 0 N–H and O–H groups in total. The summed E-state index contributed by atoms with van der Waals surface area (Å²) in [5, 5.41) is 8.53. The van der Waals surface area contributed by atoms with Gasteiger partial charge in [-0.05, 0) is 37.3 Å². The third-order valence-corrected chi connectivity index (χ3v) is 3.99. The minimum absolute atomic E-state index is 0.452. The Morgan fingerprint density at radius 1 is 1.16 bits per heavy atom. The van der Waals surface area contributed by atoms with Gasteiger partial charge in [0, 0.05) is 12.5 Å². The maximum absolute atomic E-state index is 5.94. The smallest absolute Gasteiger partial charge is 0.148 e. The summed E-state index contributed by atoms with van der Waals surface area (Å²) in [6, 6.07) is 9.12. The molecule has 100 valence electrons. The lowest BCUT2D eigenvalue weighted by Crippen LogP contribution is -2.06. The van der Waals surface area contributed by atoms with Gasteiger partial charge in [0.15, 0.2) is 0 Å². The van der Waals surface area contributed by atoms with Crippen LogP contribution < -0.4 is 0 Å². The maximum Gasteiger partial charge on any atom is 0.148 e. The first-order chi connectivity index (χ1) is 9.29. The molecule has 0 bridgehead atoms. The highest BCUT2D eigenvalue weighted by molar-refractivity contribution is 6.16. The van der Waals surface area contributed by atoms with Gasteiger partial charge in [-0.3, -0.25) is 0 Å². The molecular weight excluding hydrogens is 258 g/mol. The van der Waals surface area contributed by atoms with Gasteiger partial charge in [0.1, 0.15) is 11.6 Å². The van der Waals surface area contributed by atoms with Crippen LogP contribution in [0.5, 0.6) is 0 Å². The number of halogens is 1. The minimum atomic E-state index is 0.452. The van der Waals surface area contributed by atoms with E-state index in [0.717, 1.165) is 24.5 Å². The number of alkyl halides is 1. The van der Waals surface area contributed by atoms with Crippen LogP contribution in [0.2, 0.25) is 0 Å². The van der Waals surface area contributed by atoms with Crippen LogP contribution in [0.1, 0.15) is 41.7 Å². The van der Waals surface area contributed by atoms with Gasteiger partial charge in [-0.15, -0.1) is 21.8 Å². The molecular formula is C15H18ClN3. The van der Waals surface area contributed by atoms with Crippen LogP contribution in [-0.4, -0.2) is 14.8 Å². The van der Waals surface area contributed by atoms with Gasteiger partial charge in [-0.1, -0.05) is 24.3 Å². The summed E-state index contributed by atoms with van der Waals surface area (Å²) in [7, 11) is 0. The molecule has 0 spiro atoms. The molecule has 1 aliphatic rings. The molecule has 1 heterocycles. The van der Waals surface area contributed by atoms with Gasteiger partial charge in [-0.2, -0.15) is 0 Å². The molecule has 19 heavy (non-hydrogen) atoms. The van der Waals surface area contributed by atoms with E-state index in [0.29, 0.717) is 11.9 Å². The van der Waals surface area contributed by atoms with Gasteiger partial charge < -0.3 is 4.57 Å². The van der Waals surface area contributed by atoms with Crippen LogP contribution in [0.15, 0.2) is 24.3 Å². The third-order valence-electron chi connectivity index (χ3n) is 3.75. The van der Waals surface area contributed by atoms with Crippen LogP contribution in [0.3, 0.4) is 0 Å². The Bertz CT molecular complexity index is 573. The van der Waals surface area contributed by atoms with E-state index in [1.807, 2.05) is 0 Å². The lowest BCUT2D eigenvalue weighted by molar-refractivity contribution is 0.652. The van der Waals surface area contributed by atoms with Gasteiger partial charge in [-0.25, -0.2) is 0 Å². The van der Waals surface area contributed by atoms with Gasteiger partial charge in [0.05, 0.1) is 5.88 Å². The maximum atomic E-state index is 5.94. The lowest BCUT2D eigenvalue weighted by atomic mass is 10.0. The highest BCUT2D eigenvalue weighted by Gasteiger charge is 2.28. The molecule has 0 saturated heterocycles. The summed E-state index contributed by atoms with van der Waals surface area (Å²) < 4.78 is 2.26. The molecule has 0 radical (unpaired) electrons. The summed E-state index contributed by atoms with van der Waals surface area (Å²) in [5.74, 6) is 2.46. The first kappa shape index (κ1) is 12.7. The molecule has 2 aromatic rings. The summed E-state index contributed by atoms with van der Waals surface area (Å²) >= 11 is 5.94. The Morgan fingerprint density at radius 3 is 2.58 bits per heavy atom. The number of hydrogen-bond acceptors (Lipinski definition) is 2. The topological polar surface area (TPSA) is 30.7 Å². The molecule has 1 saturated carbocycles. The third kappa shape index (κ3) is 2.66. The van der Waals surface area contributed by atoms with Crippen molar-refractivity contribution < 1.29 is 0 Å². The fourth-order valence-corrected chi connectivity index (χ4v) is 2.70. The quantitative estimate of drug-likeness (QED) is 0.783. The highest BCUT2D eigenvalue weighted by atomic mass is 35.5. The molecule has 1 aliphatic carbocycles. The first-order valence-electron chi connectivity index (χ1n) is 6.82. The predicted molar refractivity (Wildman–Crippen MR) is 76.4 cm³/mol. The van der Waals surface area contributed by atoms with Crippen LogP contribution in [0.25, 0.3) is 0 Å². The molecule has 0 unspecified atom stereocenters. The van der Waals surface area contributed by atoms with Gasteiger partial charge in [0.25, 0.3) is 0 Å². The molecule has 1 aromatic heterocycles. The summed E-state index contributed by atoms with van der Waals surface area (Å²) in [5.41, 5.74) is 2.73. The number of aryl methyl sites for hydroxylation is 3. The van der Waals surface area contributed by atoms with Crippen molar-refractivity contribution in [2.45, 2.75) is 44.5 Å². The van der Waals surface area contributed by atoms with Crippen LogP contribution in [0.4, 0.5) is 0 Å². The Labute approximate surface area is 118 Å². The van der Waals surface area contributed by atoms with Crippen molar-refractivity contribution in [1.29, 1.82) is 0 Å². The lowest BCUT2D eigenvalue weighted by Gasteiger charge is -2.08. The predicted octanol–water partition coefficient (Wildman–Crippen LogP) is 3.45. The normalized spacial score (nSPS) is 14.8. The second-order valence-electron chi connectivity index (χ2n) is 5.19. The van der Waals surface area contributed by atoms with Crippen molar-refractivity contribution in [1.82, 2.24) is 14.8 Å². The Balaban J connectivity index is 1.77. The fourth-order valence-electron chi connectivity index (χ4n) is 2.51. The summed E-state index contributed by atoms with van der Waals surface area (Å²) in [6.45, 7) is 2.16. The minimum Gasteiger partial charge on any atom is -0.311 e. The Hall–Kier alpha value is -1.35. The zero-order chi connectivity index (χ0) is 13.2. The molecule has 1 fully saturated rings. The molecule has 4 heteroatoms. The molecule has 0 atom stereocenters. The van der Waals surface area contributed by atoms with Crippen molar-refractivity contribution in [3.8, 4) is 0 Å². The van der Waals surface area contributed by atoms with Crippen LogP contribution in [0, 0.1) is 6.92 Å². The average molecular weight is 276 g/mol. The van der Waals surface area contributed by atoms with Crippen LogP contribution >= 0.6 is 11.6 Å². The molecule has 0 amide bonds. The largest absolute Gasteiger partial charge is 0.311 e. The van der Waals surface area contributed by atoms with Crippen molar-refractivity contribution in [3.05, 3.63) is 47.0 Å². The van der Waals surface area contributed by atoms with E-state index in [1.165, 1.54) is 24.0 Å². The Kier molecular flexibility index (Phi) is 3.56. The van der Waals surface area contributed by atoms with Crippen molar-refractivity contribution >= 4 is 11.6 Å². The molecule has 3 nitrogen and oxygen atoms in total. The van der Waals surface area contributed by atoms with Crippen molar-refractivity contribution in [2.75, 3.05) is 0 Å². The van der Waals surface area contributed by atoms with E-state index in [-0.39, 0.29) is 0 Å². The first-order valence-corrected chi connectivity index (χ1v) is 7.36. The number of rotatable bonds is 5. The van der Waals surface area contributed by atoms with Crippen LogP contribution in [-0.2, 0) is 18.7 Å². The zero-order valence-corrected chi connectivity index (χ0v) is 11.9. The number of aromatic nitrogens is 3. The van der Waals surface area contributed by atoms with E-state index < -0.39 is 0 Å². The van der Waals surface area contributed by atoms with Gasteiger partial charge in [0.2, 0.25) is 0 Å². The second-order valence-corrected chi connectivity index (χ2v) is 5.46. The van der Waals surface area contributed by atoms with E-state index in [2.05, 4.69) is 46.0 Å². The summed E-state index contributed by atoms with van der Waals surface area (Å²) in [4.78, 5) is 0.